The molecule has 0 bridgehead atoms. The minimum absolute atomic E-state index is 0.612. The first-order chi connectivity index (χ1) is 4.76. The third kappa shape index (κ3) is 2.65. The maximum Gasteiger partial charge on any atom is 0.0715 e. The number of hydrogen-bond acceptors (Lipinski definition) is 1. The Labute approximate surface area is 62.7 Å². The van der Waals surface area contributed by atoms with Gasteiger partial charge in [0.2, 0.25) is 0 Å². The van der Waals surface area contributed by atoms with E-state index in [-0.39, 0.29) is 0 Å². The summed E-state index contributed by atoms with van der Waals surface area (Å²) in [4.78, 5) is 0. The standard InChI is InChI=1S/C9H14O/c1-5-8(3)9(6-2)7-10-4/h5-6H,1-2,7H2,3-4H3/b9-8-. The number of ether oxygens (including phenoxy) is 1. The van der Waals surface area contributed by atoms with Crippen molar-refractivity contribution >= 4 is 0 Å². The average molecular weight is 138 g/mol. The van der Waals surface area contributed by atoms with Gasteiger partial charge in [-0.3, -0.25) is 0 Å². The highest BCUT2D eigenvalue weighted by atomic mass is 16.5. The van der Waals surface area contributed by atoms with Gasteiger partial charge in [-0.15, -0.1) is 0 Å². The van der Waals surface area contributed by atoms with Gasteiger partial charge in [0.25, 0.3) is 0 Å². The topological polar surface area (TPSA) is 9.23 Å². The number of allylic oxidation sites excluding steroid dienone is 2. The predicted octanol–water partition coefficient (Wildman–Crippen LogP) is 2.32. The summed E-state index contributed by atoms with van der Waals surface area (Å²) in [5.41, 5.74) is 2.22. The molecule has 0 aliphatic carbocycles. The van der Waals surface area contributed by atoms with Crippen molar-refractivity contribution in [2.45, 2.75) is 6.92 Å². The highest BCUT2D eigenvalue weighted by Crippen LogP contribution is 2.05. The fourth-order valence-corrected chi connectivity index (χ4v) is 0.620. The Bertz CT molecular complexity index is 154. The van der Waals surface area contributed by atoms with E-state index in [1.165, 1.54) is 0 Å². The summed E-state index contributed by atoms with van der Waals surface area (Å²) in [6, 6.07) is 0. The van der Waals surface area contributed by atoms with E-state index in [0.29, 0.717) is 6.61 Å². The zero-order valence-corrected chi connectivity index (χ0v) is 6.68. The molecule has 1 nitrogen and oxygen atoms in total. The lowest BCUT2D eigenvalue weighted by Gasteiger charge is -2.01. The molecule has 0 atom stereocenters. The normalized spacial score (nSPS) is 12.2. The summed E-state index contributed by atoms with van der Waals surface area (Å²) in [6.45, 7) is 9.92. The van der Waals surface area contributed by atoms with E-state index < -0.39 is 0 Å². The second kappa shape index (κ2) is 5.00. The van der Waals surface area contributed by atoms with Gasteiger partial charge >= 0.3 is 0 Å². The van der Waals surface area contributed by atoms with Crippen LogP contribution in [0.1, 0.15) is 6.92 Å². The molecule has 0 saturated heterocycles. The van der Waals surface area contributed by atoms with Gasteiger partial charge in [-0.25, -0.2) is 0 Å². The van der Waals surface area contributed by atoms with E-state index >= 15 is 0 Å². The van der Waals surface area contributed by atoms with Crippen LogP contribution in [0.3, 0.4) is 0 Å². The maximum absolute atomic E-state index is 4.94. The molecule has 0 amide bonds. The maximum atomic E-state index is 4.94. The van der Waals surface area contributed by atoms with Gasteiger partial charge < -0.3 is 4.74 Å². The molecule has 0 N–H and O–H groups in total. The number of rotatable bonds is 4. The van der Waals surface area contributed by atoms with E-state index in [1.54, 1.807) is 19.3 Å². The summed E-state index contributed by atoms with van der Waals surface area (Å²) < 4.78 is 4.94. The van der Waals surface area contributed by atoms with Gasteiger partial charge in [-0.05, 0) is 18.1 Å². The Kier molecular flexibility index (Phi) is 4.59. The number of hydrogen-bond donors (Lipinski definition) is 0. The van der Waals surface area contributed by atoms with Crippen molar-refractivity contribution in [3.63, 3.8) is 0 Å². The van der Waals surface area contributed by atoms with Gasteiger partial charge in [-0.1, -0.05) is 25.3 Å². The van der Waals surface area contributed by atoms with E-state index in [2.05, 4.69) is 13.2 Å². The second-order valence-corrected chi connectivity index (χ2v) is 2.05. The summed E-state index contributed by atoms with van der Waals surface area (Å²) >= 11 is 0. The van der Waals surface area contributed by atoms with Crippen LogP contribution in [0.5, 0.6) is 0 Å². The van der Waals surface area contributed by atoms with Crippen molar-refractivity contribution < 1.29 is 4.74 Å². The van der Waals surface area contributed by atoms with Crippen molar-refractivity contribution in [3.05, 3.63) is 36.5 Å². The lowest BCUT2D eigenvalue weighted by molar-refractivity contribution is 0.228. The molecule has 10 heavy (non-hydrogen) atoms. The van der Waals surface area contributed by atoms with Crippen LogP contribution in [0.25, 0.3) is 0 Å². The molecule has 1 heteroatoms. The van der Waals surface area contributed by atoms with Crippen molar-refractivity contribution in [2.75, 3.05) is 13.7 Å². The highest BCUT2D eigenvalue weighted by Gasteiger charge is 1.92. The zero-order valence-electron chi connectivity index (χ0n) is 6.68. The lowest BCUT2D eigenvalue weighted by Crippen LogP contribution is -1.93. The molecular weight excluding hydrogens is 124 g/mol. The molecule has 56 valence electrons. The summed E-state index contributed by atoms with van der Waals surface area (Å²) in [5, 5.41) is 0. The van der Waals surface area contributed by atoms with Crippen molar-refractivity contribution in [1.29, 1.82) is 0 Å². The first-order valence-corrected chi connectivity index (χ1v) is 3.19. The van der Waals surface area contributed by atoms with Crippen molar-refractivity contribution in [1.82, 2.24) is 0 Å². The molecule has 0 heterocycles. The first-order valence-electron chi connectivity index (χ1n) is 3.19. The summed E-state index contributed by atoms with van der Waals surface area (Å²) in [7, 11) is 1.67. The molecule has 0 unspecified atom stereocenters. The smallest absolute Gasteiger partial charge is 0.0715 e. The SMILES string of the molecule is C=C/C(C)=C(/C=C)COC. The molecule has 0 aromatic rings. The molecule has 0 aliphatic rings. The monoisotopic (exact) mass is 138 g/mol. The van der Waals surface area contributed by atoms with Crippen LogP contribution in [0.15, 0.2) is 36.5 Å². The van der Waals surface area contributed by atoms with Crippen LogP contribution in [-0.4, -0.2) is 13.7 Å². The van der Waals surface area contributed by atoms with Crippen molar-refractivity contribution in [2.24, 2.45) is 0 Å². The molecule has 0 fully saturated rings. The van der Waals surface area contributed by atoms with Crippen LogP contribution < -0.4 is 0 Å². The number of methoxy groups -OCH3 is 1. The van der Waals surface area contributed by atoms with Crippen LogP contribution in [-0.2, 0) is 4.74 Å². The van der Waals surface area contributed by atoms with Gasteiger partial charge in [-0.2, -0.15) is 0 Å². The van der Waals surface area contributed by atoms with E-state index in [4.69, 9.17) is 4.74 Å². The predicted molar refractivity (Wildman–Crippen MR) is 45.0 cm³/mol. The Balaban J connectivity index is 4.28. The fraction of sp³-hybridized carbons (Fsp3) is 0.333. The molecule has 0 radical (unpaired) electrons. The zero-order chi connectivity index (χ0) is 7.98. The Morgan fingerprint density at radius 2 is 2.00 bits per heavy atom. The first kappa shape index (κ1) is 9.18. The Morgan fingerprint density at radius 3 is 2.30 bits per heavy atom. The van der Waals surface area contributed by atoms with Gasteiger partial charge in [0.15, 0.2) is 0 Å². The second-order valence-electron chi connectivity index (χ2n) is 2.05. The third-order valence-corrected chi connectivity index (χ3v) is 1.36. The molecule has 0 saturated carbocycles. The van der Waals surface area contributed by atoms with E-state index in [1.807, 2.05) is 6.92 Å². The van der Waals surface area contributed by atoms with E-state index in [9.17, 15) is 0 Å². The minimum atomic E-state index is 0.612. The van der Waals surface area contributed by atoms with Gasteiger partial charge in [0.05, 0.1) is 6.61 Å². The summed E-state index contributed by atoms with van der Waals surface area (Å²) in [6.07, 6.45) is 3.59. The van der Waals surface area contributed by atoms with Crippen LogP contribution in [0, 0.1) is 0 Å². The van der Waals surface area contributed by atoms with E-state index in [0.717, 1.165) is 11.1 Å². The molecule has 0 aromatic heterocycles. The quantitative estimate of drug-likeness (QED) is 0.542. The highest BCUT2D eigenvalue weighted by molar-refractivity contribution is 5.29. The lowest BCUT2D eigenvalue weighted by atomic mass is 10.1. The van der Waals surface area contributed by atoms with Gasteiger partial charge in [0.1, 0.15) is 0 Å². The Hall–Kier alpha value is -0.820. The Morgan fingerprint density at radius 1 is 1.40 bits per heavy atom. The molecule has 0 spiro atoms. The molecule has 0 aliphatic heterocycles. The van der Waals surface area contributed by atoms with Crippen LogP contribution in [0.2, 0.25) is 0 Å². The molecular formula is C9H14O. The molecule has 0 aromatic carbocycles. The van der Waals surface area contributed by atoms with Crippen molar-refractivity contribution in [3.8, 4) is 0 Å². The molecule has 0 rings (SSSR count). The van der Waals surface area contributed by atoms with Gasteiger partial charge in [0, 0.05) is 7.11 Å². The van der Waals surface area contributed by atoms with Crippen LogP contribution >= 0.6 is 0 Å². The fourth-order valence-electron chi connectivity index (χ4n) is 0.620. The average Bonchev–Trinajstić information content (AvgIpc) is 1.99. The van der Waals surface area contributed by atoms with Crippen LogP contribution in [0.4, 0.5) is 0 Å². The largest absolute Gasteiger partial charge is 0.380 e. The third-order valence-electron chi connectivity index (χ3n) is 1.36. The summed E-state index contributed by atoms with van der Waals surface area (Å²) in [5.74, 6) is 0. The minimum Gasteiger partial charge on any atom is -0.380 e.